The van der Waals surface area contributed by atoms with Crippen LogP contribution in [0.4, 0.5) is 0 Å². The number of hydrogen-bond donors (Lipinski definition) is 1. The van der Waals surface area contributed by atoms with E-state index in [0.717, 1.165) is 24.2 Å². The summed E-state index contributed by atoms with van der Waals surface area (Å²) in [5, 5.41) is 0. The lowest BCUT2D eigenvalue weighted by molar-refractivity contribution is 0.803. The highest BCUT2D eigenvalue weighted by atomic mass is 15.0. The van der Waals surface area contributed by atoms with Gasteiger partial charge in [0, 0.05) is 11.8 Å². The van der Waals surface area contributed by atoms with Crippen molar-refractivity contribution in [1.82, 2.24) is 9.38 Å². The maximum atomic E-state index is 5.72. The molecule has 0 amide bonds. The van der Waals surface area contributed by atoms with E-state index in [1.54, 1.807) is 0 Å². The molecule has 0 unspecified atom stereocenters. The van der Waals surface area contributed by atoms with E-state index in [1.165, 1.54) is 27.9 Å². The highest BCUT2D eigenvalue weighted by Gasteiger charge is 2.15. The molecule has 3 aromatic rings. The Balaban J connectivity index is 2.22. The third-order valence-corrected chi connectivity index (χ3v) is 4.34. The SMILES string of the molecule is Cc1ccc(-c2nc3c(C)cccn3c2CCCN)cc1C. The maximum absolute atomic E-state index is 5.72. The second-order valence-electron chi connectivity index (χ2n) is 5.98. The minimum atomic E-state index is 0.700. The highest BCUT2D eigenvalue weighted by molar-refractivity contribution is 5.69. The number of nitrogens with zero attached hydrogens (tertiary/aromatic N) is 2. The zero-order valence-electron chi connectivity index (χ0n) is 13.6. The zero-order chi connectivity index (χ0) is 15.7. The lowest BCUT2D eigenvalue weighted by atomic mass is 10.0. The predicted octanol–water partition coefficient (Wildman–Crippen LogP) is 3.82. The maximum Gasteiger partial charge on any atom is 0.140 e. The van der Waals surface area contributed by atoms with Crippen LogP contribution in [0.5, 0.6) is 0 Å². The van der Waals surface area contributed by atoms with E-state index in [4.69, 9.17) is 10.7 Å². The van der Waals surface area contributed by atoms with Crippen molar-refractivity contribution < 1.29 is 0 Å². The van der Waals surface area contributed by atoms with Crippen LogP contribution in [-0.2, 0) is 6.42 Å². The molecule has 0 spiro atoms. The minimum Gasteiger partial charge on any atom is -0.330 e. The fourth-order valence-electron chi connectivity index (χ4n) is 2.88. The molecule has 2 N–H and O–H groups in total. The fraction of sp³-hybridized carbons (Fsp3) is 0.316. The van der Waals surface area contributed by atoms with Gasteiger partial charge in [0.1, 0.15) is 5.65 Å². The molecule has 0 saturated heterocycles. The Morgan fingerprint density at radius 1 is 1.05 bits per heavy atom. The predicted molar refractivity (Wildman–Crippen MR) is 92.2 cm³/mol. The van der Waals surface area contributed by atoms with Gasteiger partial charge in [0.25, 0.3) is 0 Å². The first-order valence-electron chi connectivity index (χ1n) is 7.86. The molecule has 0 saturated carbocycles. The number of aromatic nitrogens is 2. The molecular weight excluding hydrogens is 270 g/mol. The van der Waals surface area contributed by atoms with Crippen LogP contribution in [0.1, 0.15) is 28.8 Å². The van der Waals surface area contributed by atoms with Crippen LogP contribution in [0, 0.1) is 20.8 Å². The molecule has 0 atom stereocenters. The molecule has 1 aromatic carbocycles. The summed E-state index contributed by atoms with van der Waals surface area (Å²) in [5.41, 5.74) is 14.1. The number of pyridine rings is 1. The van der Waals surface area contributed by atoms with E-state index in [0.29, 0.717) is 6.54 Å². The van der Waals surface area contributed by atoms with Crippen LogP contribution < -0.4 is 5.73 Å². The van der Waals surface area contributed by atoms with Crippen molar-refractivity contribution in [3.05, 3.63) is 58.9 Å². The van der Waals surface area contributed by atoms with Gasteiger partial charge in [-0.15, -0.1) is 0 Å². The van der Waals surface area contributed by atoms with Gasteiger partial charge in [0.05, 0.1) is 11.4 Å². The van der Waals surface area contributed by atoms with E-state index in [9.17, 15) is 0 Å². The summed E-state index contributed by atoms with van der Waals surface area (Å²) in [7, 11) is 0. The van der Waals surface area contributed by atoms with Crippen molar-refractivity contribution in [3.63, 3.8) is 0 Å². The van der Waals surface area contributed by atoms with E-state index < -0.39 is 0 Å². The first kappa shape index (κ1) is 14.8. The normalized spacial score (nSPS) is 11.3. The molecule has 114 valence electrons. The van der Waals surface area contributed by atoms with Gasteiger partial charge in [-0.1, -0.05) is 18.2 Å². The summed E-state index contributed by atoms with van der Waals surface area (Å²) in [6, 6.07) is 10.8. The average Bonchev–Trinajstić information content (AvgIpc) is 2.88. The second-order valence-corrected chi connectivity index (χ2v) is 5.98. The topological polar surface area (TPSA) is 43.3 Å². The molecule has 3 nitrogen and oxygen atoms in total. The summed E-state index contributed by atoms with van der Waals surface area (Å²) in [6.07, 6.45) is 4.02. The molecule has 0 aliphatic carbocycles. The van der Waals surface area contributed by atoms with Crippen LogP contribution in [0.2, 0.25) is 0 Å². The lowest BCUT2D eigenvalue weighted by Gasteiger charge is -2.07. The van der Waals surface area contributed by atoms with Crippen molar-refractivity contribution in [2.75, 3.05) is 6.54 Å². The molecular formula is C19H23N3. The zero-order valence-corrected chi connectivity index (χ0v) is 13.6. The van der Waals surface area contributed by atoms with Crippen LogP contribution in [0.3, 0.4) is 0 Å². The molecule has 0 fully saturated rings. The molecule has 3 rings (SSSR count). The van der Waals surface area contributed by atoms with Gasteiger partial charge in [-0.2, -0.15) is 0 Å². The van der Waals surface area contributed by atoms with Crippen LogP contribution in [-0.4, -0.2) is 15.9 Å². The molecule has 0 aliphatic heterocycles. The monoisotopic (exact) mass is 293 g/mol. The number of fused-ring (bicyclic) bond motifs is 1. The number of rotatable bonds is 4. The minimum absolute atomic E-state index is 0.700. The Hall–Kier alpha value is -2.13. The first-order valence-corrected chi connectivity index (χ1v) is 7.86. The number of aryl methyl sites for hydroxylation is 4. The summed E-state index contributed by atoms with van der Waals surface area (Å²) in [5.74, 6) is 0. The molecule has 2 aromatic heterocycles. The third kappa shape index (κ3) is 2.53. The van der Waals surface area contributed by atoms with Gasteiger partial charge in [0.15, 0.2) is 0 Å². The summed E-state index contributed by atoms with van der Waals surface area (Å²) < 4.78 is 2.22. The molecule has 22 heavy (non-hydrogen) atoms. The Kier molecular flexibility index (Phi) is 3.99. The fourth-order valence-corrected chi connectivity index (χ4v) is 2.88. The number of hydrogen-bond acceptors (Lipinski definition) is 2. The second kappa shape index (κ2) is 5.93. The standard InChI is InChI=1S/C19H23N3/c1-13-8-9-16(12-15(13)3)18-17(7-4-10-20)22-11-5-6-14(2)19(22)21-18/h5-6,8-9,11-12H,4,7,10,20H2,1-3H3. The highest BCUT2D eigenvalue weighted by Crippen LogP contribution is 2.28. The summed E-state index contributed by atoms with van der Waals surface area (Å²) in [4.78, 5) is 4.93. The van der Waals surface area contributed by atoms with Crippen molar-refractivity contribution in [2.45, 2.75) is 33.6 Å². The van der Waals surface area contributed by atoms with Crippen molar-refractivity contribution >= 4 is 5.65 Å². The Bertz CT molecular complexity index is 815. The lowest BCUT2D eigenvalue weighted by Crippen LogP contribution is -2.03. The van der Waals surface area contributed by atoms with Gasteiger partial charge in [-0.05, 0) is 69.0 Å². The Labute approximate surface area is 131 Å². The number of imidazole rings is 1. The van der Waals surface area contributed by atoms with Crippen molar-refractivity contribution in [3.8, 4) is 11.3 Å². The largest absolute Gasteiger partial charge is 0.330 e. The van der Waals surface area contributed by atoms with Crippen molar-refractivity contribution in [2.24, 2.45) is 5.73 Å². The number of nitrogens with two attached hydrogens (primary N) is 1. The van der Waals surface area contributed by atoms with Gasteiger partial charge >= 0.3 is 0 Å². The van der Waals surface area contributed by atoms with E-state index in [2.05, 4.69) is 61.7 Å². The Morgan fingerprint density at radius 2 is 1.86 bits per heavy atom. The van der Waals surface area contributed by atoms with E-state index >= 15 is 0 Å². The Morgan fingerprint density at radius 3 is 2.59 bits per heavy atom. The third-order valence-electron chi connectivity index (χ3n) is 4.34. The van der Waals surface area contributed by atoms with Gasteiger partial charge in [0.2, 0.25) is 0 Å². The summed E-state index contributed by atoms with van der Waals surface area (Å²) >= 11 is 0. The quantitative estimate of drug-likeness (QED) is 0.794. The molecule has 0 aliphatic rings. The van der Waals surface area contributed by atoms with Gasteiger partial charge in [-0.25, -0.2) is 4.98 Å². The van der Waals surface area contributed by atoms with Crippen LogP contribution >= 0.6 is 0 Å². The van der Waals surface area contributed by atoms with Crippen LogP contribution in [0.25, 0.3) is 16.9 Å². The molecule has 2 heterocycles. The van der Waals surface area contributed by atoms with Crippen molar-refractivity contribution in [1.29, 1.82) is 0 Å². The van der Waals surface area contributed by atoms with Crippen LogP contribution in [0.15, 0.2) is 36.5 Å². The van der Waals surface area contributed by atoms with Gasteiger partial charge < -0.3 is 10.1 Å². The first-order chi connectivity index (χ1) is 10.6. The number of benzene rings is 1. The molecule has 3 heteroatoms. The van der Waals surface area contributed by atoms with E-state index in [-0.39, 0.29) is 0 Å². The molecule has 0 bridgehead atoms. The molecule has 0 radical (unpaired) electrons. The van der Waals surface area contributed by atoms with Gasteiger partial charge in [-0.3, -0.25) is 0 Å². The van der Waals surface area contributed by atoms with E-state index in [1.807, 2.05) is 0 Å². The average molecular weight is 293 g/mol. The smallest absolute Gasteiger partial charge is 0.140 e. The summed E-state index contributed by atoms with van der Waals surface area (Å²) in [6.45, 7) is 7.10.